The zero-order valence-corrected chi connectivity index (χ0v) is 12.4. The summed E-state index contributed by atoms with van der Waals surface area (Å²) in [6.07, 6.45) is 0. The van der Waals surface area contributed by atoms with Gasteiger partial charge < -0.3 is 15.7 Å². The molecule has 104 valence electrons. The lowest BCUT2D eigenvalue weighted by Crippen LogP contribution is -2.48. The molecule has 0 heterocycles. The van der Waals surface area contributed by atoms with Crippen molar-refractivity contribution in [3.8, 4) is 0 Å². The van der Waals surface area contributed by atoms with Crippen molar-refractivity contribution in [1.82, 2.24) is 10.6 Å². The van der Waals surface area contributed by atoms with Gasteiger partial charge in [-0.05, 0) is 17.5 Å². The highest BCUT2D eigenvalue weighted by molar-refractivity contribution is 9.10. The van der Waals surface area contributed by atoms with E-state index in [0.29, 0.717) is 6.54 Å². The van der Waals surface area contributed by atoms with Gasteiger partial charge in [0.25, 0.3) is 0 Å². The van der Waals surface area contributed by atoms with Gasteiger partial charge in [-0.25, -0.2) is 9.59 Å². The number of benzene rings is 1. The number of halogens is 1. The van der Waals surface area contributed by atoms with E-state index in [4.69, 9.17) is 5.11 Å². The maximum atomic E-state index is 11.6. The second kappa shape index (κ2) is 7.13. The van der Waals surface area contributed by atoms with E-state index < -0.39 is 18.0 Å². The van der Waals surface area contributed by atoms with Gasteiger partial charge >= 0.3 is 12.0 Å². The maximum absolute atomic E-state index is 11.6. The minimum absolute atomic E-state index is 0.174. The molecule has 3 N–H and O–H groups in total. The third-order valence-corrected chi connectivity index (χ3v) is 3.39. The Labute approximate surface area is 120 Å². The van der Waals surface area contributed by atoms with Crippen molar-refractivity contribution in [3.63, 3.8) is 0 Å². The molecule has 0 aliphatic heterocycles. The van der Waals surface area contributed by atoms with E-state index in [9.17, 15) is 9.59 Å². The number of carbonyl (C=O) groups excluding carboxylic acids is 1. The molecule has 0 saturated carbocycles. The molecule has 0 bridgehead atoms. The quantitative estimate of drug-likeness (QED) is 0.776. The number of rotatable bonds is 5. The van der Waals surface area contributed by atoms with Gasteiger partial charge in [-0.15, -0.1) is 0 Å². The summed E-state index contributed by atoms with van der Waals surface area (Å²) in [4.78, 5) is 22.6. The Morgan fingerprint density at radius 2 is 1.95 bits per heavy atom. The summed E-state index contributed by atoms with van der Waals surface area (Å²) in [5, 5.41) is 14.0. The molecule has 0 fully saturated rings. The van der Waals surface area contributed by atoms with Crippen molar-refractivity contribution in [3.05, 3.63) is 34.3 Å². The van der Waals surface area contributed by atoms with Crippen LogP contribution >= 0.6 is 15.9 Å². The fraction of sp³-hybridized carbons (Fsp3) is 0.385. The number of amides is 2. The number of hydrogen-bond acceptors (Lipinski definition) is 2. The minimum atomic E-state index is -1.04. The van der Waals surface area contributed by atoms with Crippen LogP contribution in [0.5, 0.6) is 0 Å². The van der Waals surface area contributed by atoms with Crippen molar-refractivity contribution in [2.75, 3.05) is 0 Å². The maximum Gasteiger partial charge on any atom is 0.326 e. The molecule has 0 radical (unpaired) electrons. The van der Waals surface area contributed by atoms with Gasteiger partial charge in [0.05, 0.1) is 0 Å². The number of carboxylic acid groups (broad SMARTS) is 1. The summed E-state index contributed by atoms with van der Waals surface area (Å²) in [6, 6.07) is 6.13. The summed E-state index contributed by atoms with van der Waals surface area (Å²) in [5.74, 6) is -1.21. The predicted octanol–water partition coefficient (Wildman–Crippen LogP) is 2.36. The first-order chi connectivity index (χ1) is 8.91. The van der Waals surface area contributed by atoms with E-state index in [2.05, 4.69) is 26.6 Å². The van der Waals surface area contributed by atoms with Crippen LogP contribution < -0.4 is 10.6 Å². The van der Waals surface area contributed by atoms with Gasteiger partial charge in [0.1, 0.15) is 6.04 Å². The fourth-order valence-electron chi connectivity index (χ4n) is 1.52. The molecule has 1 atom stereocenters. The molecule has 6 heteroatoms. The van der Waals surface area contributed by atoms with Crippen LogP contribution in [0.1, 0.15) is 19.4 Å². The van der Waals surface area contributed by atoms with Crippen LogP contribution in [0.25, 0.3) is 0 Å². The molecule has 0 saturated heterocycles. The Balaban J connectivity index is 2.52. The Morgan fingerprint density at radius 3 is 2.47 bits per heavy atom. The van der Waals surface area contributed by atoms with E-state index in [-0.39, 0.29) is 5.92 Å². The predicted molar refractivity (Wildman–Crippen MR) is 75.8 cm³/mol. The van der Waals surface area contributed by atoms with E-state index in [1.165, 1.54) is 0 Å². The van der Waals surface area contributed by atoms with Crippen LogP contribution in [-0.2, 0) is 11.3 Å². The van der Waals surface area contributed by atoms with Crippen molar-refractivity contribution in [1.29, 1.82) is 0 Å². The topological polar surface area (TPSA) is 78.4 Å². The highest BCUT2D eigenvalue weighted by Gasteiger charge is 2.23. The minimum Gasteiger partial charge on any atom is -0.480 e. The Morgan fingerprint density at radius 1 is 1.32 bits per heavy atom. The lowest BCUT2D eigenvalue weighted by Gasteiger charge is -2.18. The standard InChI is InChI=1S/C13H17BrN2O3/c1-8(2)11(12(17)18)16-13(19)15-7-9-5-3-4-6-10(9)14/h3-6,8,11H,7H2,1-2H3,(H,17,18)(H2,15,16,19). The Bertz CT molecular complexity index is 463. The highest BCUT2D eigenvalue weighted by atomic mass is 79.9. The summed E-state index contributed by atoms with van der Waals surface area (Å²) in [6.45, 7) is 3.82. The molecule has 19 heavy (non-hydrogen) atoms. The second-order valence-electron chi connectivity index (χ2n) is 4.48. The van der Waals surface area contributed by atoms with Crippen LogP contribution in [0.3, 0.4) is 0 Å². The molecule has 5 nitrogen and oxygen atoms in total. The number of carboxylic acids is 1. The number of carbonyl (C=O) groups is 2. The van der Waals surface area contributed by atoms with Crippen LogP contribution in [0.15, 0.2) is 28.7 Å². The molecule has 2 amide bonds. The first-order valence-electron chi connectivity index (χ1n) is 5.92. The van der Waals surface area contributed by atoms with Gasteiger partial charge in [-0.1, -0.05) is 48.0 Å². The van der Waals surface area contributed by atoms with E-state index >= 15 is 0 Å². The lowest BCUT2D eigenvalue weighted by molar-refractivity contribution is -0.140. The molecule has 0 aliphatic carbocycles. The van der Waals surface area contributed by atoms with Crippen molar-refractivity contribution >= 4 is 27.9 Å². The molecule has 1 unspecified atom stereocenters. The molecular weight excluding hydrogens is 312 g/mol. The first kappa shape index (κ1) is 15.5. The average Bonchev–Trinajstić information content (AvgIpc) is 2.34. The smallest absolute Gasteiger partial charge is 0.326 e. The first-order valence-corrected chi connectivity index (χ1v) is 6.71. The number of aliphatic carboxylic acids is 1. The highest BCUT2D eigenvalue weighted by Crippen LogP contribution is 2.15. The summed E-state index contributed by atoms with van der Waals surface area (Å²) < 4.78 is 0.897. The summed E-state index contributed by atoms with van der Waals surface area (Å²) in [7, 11) is 0. The molecule has 1 aromatic rings. The number of hydrogen-bond donors (Lipinski definition) is 3. The largest absolute Gasteiger partial charge is 0.480 e. The van der Waals surface area contributed by atoms with Crippen molar-refractivity contribution < 1.29 is 14.7 Å². The summed E-state index contributed by atoms with van der Waals surface area (Å²) >= 11 is 3.38. The zero-order valence-electron chi connectivity index (χ0n) is 10.8. The van der Waals surface area contributed by atoms with Gasteiger partial charge in [-0.2, -0.15) is 0 Å². The lowest BCUT2D eigenvalue weighted by atomic mass is 10.1. The third-order valence-electron chi connectivity index (χ3n) is 2.62. The zero-order chi connectivity index (χ0) is 14.4. The van der Waals surface area contributed by atoms with Crippen LogP contribution in [0.4, 0.5) is 4.79 Å². The molecule has 0 aromatic heterocycles. The average molecular weight is 329 g/mol. The van der Waals surface area contributed by atoms with E-state index in [1.54, 1.807) is 13.8 Å². The molecular formula is C13H17BrN2O3. The Kier molecular flexibility index (Phi) is 5.82. The van der Waals surface area contributed by atoms with Gasteiger partial charge in [0, 0.05) is 11.0 Å². The SMILES string of the molecule is CC(C)C(NC(=O)NCc1ccccc1Br)C(=O)O. The monoisotopic (exact) mass is 328 g/mol. The molecule has 0 aliphatic rings. The van der Waals surface area contributed by atoms with E-state index in [1.807, 2.05) is 24.3 Å². The summed E-state index contributed by atoms with van der Waals surface area (Å²) in [5.41, 5.74) is 0.925. The van der Waals surface area contributed by atoms with E-state index in [0.717, 1.165) is 10.0 Å². The second-order valence-corrected chi connectivity index (χ2v) is 5.33. The van der Waals surface area contributed by atoms with Gasteiger partial charge in [0.2, 0.25) is 0 Å². The Hall–Kier alpha value is -1.56. The van der Waals surface area contributed by atoms with Gasteiger partial charge in [0.15, 0.2) is 0 Å². The molecule has 0 spiro atoms. The van der Waals surface area contributed by atoms with Crippen LogP contribution in [0.2, 0.25) is 0 Å². The number of urea groups is 1. The van der Waals surface area contributed by atoms with Crippen molar-refractivity contribution in [2.45, 2.75) is 26.4 Å². The van der Waals surface area contributed by atoms with Crippen LogP contribution in [0, 0.1) is 5.92 Å². The fourth-order valence-corrected chi connectivity index (χ4v) is 1.95. The normalized spacial score (nSPS) is 12.0. The molecule has 1 rings (SSSR count). The van der Waals surface area contributed by atoms with Crippen molar-refractivity contribution in [2.24, 2.45) is 5.92 Å². The number of nitrogens with one attached hydrogen (secondary N) is 2. The third kappa shape index (κ3) is 4.90. The molecule has 1 aromatic carbocycles. The van der Waals surface area contributed by atoms with Crippen LogP contribution in [-0.4, -0.2) is 23.1 Å². The van der Waals surface area contributed by atoms with Gasteiger partial charge in [-0.3, -0.25) is 0 Å².